The Hall–Kier alpha value is -2.63. The smallest absolute Gasteiger partial charge is 0.257 e. The molecule has 1 N–H and O–H groups in total. The molecule has 2 aliphatic rings. The van der Waals surface area contributed by atoms with Crippen LogP contribution in [0.5, 0.6) is 0 Å². The van der Waals surface area contributed by atoms with Crippen molar-refractivity contribution in [3.63, 3.8) is 0 Å². The Balaban J connectivity index is 1.52. The summed E-state index contributed by atoms with van der Waals surface area (Å²) >= 11 is 0. The van der Waals surface area contributed by atoms with E-state index in [-0.39, 0.29) is 23.3 Å². The number of aryl methyl sites for hydroxylation is 2. The zero-order valence-corrected chi connectivity index (χ0v) is 15.1. The minimum atomic E-state index is -0.267. The van der Waals surface area contributed by atoms with Crippen molar-refractivity contribution >= 4 is 11.8 Å². The Morgan fingerprint density at radius 1 is 1.27 bits per heavy atom. The fraction of sp³-hybridized carbons (Fsp3) is 0.450. The summed E-state index contributed by atoms with van der Waals surface area (Å²) in [6.45, 7) is 4.93. The van der Waals surface area contributed by atoms with Crippen LogP contribution in [0.15, 0.2) is 35.0 Å². The van der Waals surface area contributed by atoms with E-state index in [9.17, 15) is 9.59 Å². The summed E-state index contributed by atoms with van der Waals surface area (Å²) in [7, 11) is 0. The van der Waals surface area contributed by atoms with E-state index in [2.05, 4.69) is 10.3 Å². The first-order valence-corrected chi connectivity index (χ1v) is 9.06. The molecule has 2 aromatic rings. The maximum Gasteiger partial charge on any atom is 0.257 e. The zero-order chi connectivity index (χ0) is 18.3. The molecule has 2 aliphatic heterocycles. The second-order valence-corrected chi connectivity index (χ2v) is 7.36. The predicted octanol–water partition coefficient (Wildman–Crippen LogP) is 2.57. The third-order valence-electron chi connectivity index (χ3n) is 5.77. The molecule has 4 rings (SSSR count). The van der Waals surface area contributed by atoms with Crippen LogP contribution >= 0.6 is 0 Å². The summed E-state index contributed by atoms with van der Waals surface area (Å²) in [5.41, 5.74) is 1.51. The number of likely N-dealkylation sites (tertiary alicyclic amines) is 1. The van der Waals surface area contributed by atoms with Crippen LogP contribution in [0.2, 0.25) is 0 Å². The molecule has 0 aliphatic carbocycles. The topological polar surface area (TPSA) is 75.4 Å². The van der Waals surface area contributed by atoms with Crippen LogP contribution in [-0.2, 0) is 4.79 Å². The predicted molar refractivity (Wildman–Crippen MR) is 95.8 cm³/mol. The van der Waals surface area contributed by atoms with E-state index in [4.69, 9.17) is 4.42 Å². The lowest BCUT2D eigenvalue weighted by Gasteiger charge is -2.43. The number of pyridine rings is 1. The molecule has 1 spiro atoms. The Morgan fingerprint density at radius 2 is 1.96 bits per heavy atom. The minimum Gasteiger partial charge on any atom is -0.466 e. The van der Waals surface area contributed by atoms with Gasteiger partial charge in [-0.05, 0) is 50.5 Å². The van der Waals surface area contributed by atoms with E-state index >= 15 is 0 Å². The summed E-state index contributed by atoms with van der Waals surface area (Å²) in [6.07, 6.45) is 5.56. The third kappa shape index (κ3) is 2.79. The fourth-order valence-corrected chi connectivity index (χ4v) is 4.42. The first-order valence-electron chi connectivity index (χ1n) is 9.06. The van der Waals surface area contributed by atoms with Gasteiger partial charge in [0.2, 0.25) is 5.91 Å². The highest BCUT2D eigenvalue weighted by molar-refractivity contribution is 5.95. The molecule has 136 valence electrons. The molecule has 4 heterocycles. The summed E-state index contributed by atoms with van der Waals surface area (Å²) < 4.78 is 5.50. The van der Waals surface area contributed by atoms with E-state index < -0.39 is 0 Å². The maximum absolute atomic E-state index is 12.8. The van der Waals surface area contributed by atoms with Gasteiger partial charge in [-0.25, -0.2) is 0 Å². The molecule has 2 fully saturated rings. The molecule has 0 bridgehead atoms. The highest BCUT2D eigenvalue weighted by Gasteiger charge is 2.49. The molecule has 6 heteroatoms. The minimum absolute atomic E-state index is 0.0129. The lowest BCUT2D eigenvalue weighted by atomic mass is 9.74. The Labute approximate surface area is 152 Å². The SMILES string of the molecule is Cc1cc(C(=O)N2CCC3(CC2)NC(=O)C[C@@H]3c2ccncc2)c(C)o1. The number of hydrogen-bond acceptors (Lipinski definition) is 4. The van der Waals surface area contributed by atoms with Gasteiger partial charge in [0.25, 0.3) is 5.91 Å². The van der Waals surface area contributed by atoms with Crippen molar-refractivity contribution in [2.45, 2.75) is 44.6 Å². The van der Waals surface area contributed by atoms with Crippen LogP contribution in [0.1, 0.15) is 52.6 Å². The van der Waals surface area contributed by atoms with Crippen molar-refractivity contribution in [2.24, 2.45) is 0 Å². The van der Waals surface area contributed by atoms with Crippen LogP contribution in [0.3, 0.4) is 0 Å². The monoisotopic (exact) mass is 353 g/mol. The lowest BCUT2D eigenvalue weighted by Crippen LogP contribution is -2.54. The number of aromatic nitrogens is 1. The number of piperidine rings is 1. The Kier molecular flexibility index (Phi) is 4.05. The van der Waals surface area contributed by atoms with E-state index in [1.165, 1.54) is 0 Å². The number of furan rings is 1. The van der Waals surface area contributed by atoms with E-state index in [0.29, 0.717) is 30.8 Å². The second kappa shape index (κ2) is 6.27. The first kappa shape index (κ1) is 16.8. The average molecular weight is 353 g/mol. The van der Waals surface area contributed by atoms with Gasteiger partial charge < -0.3 is 14.6 Å². The molecule has 2 amide bonds. The van der Waals surface area contributed by atoms with Crippen LogP contribution < -0.4 is 5.32 Å². The highest BCUT2D eigenvalue weighted by atomic mass is 16.3. The van der Waals surface area contributed by atoms with Crippen molar-refractivity contribution in [2.75, 3.05) is 13.1 Å². The molecule has 0 saturated carbocycles. The largest absolute Gasteiger partial charge is 0.466 e. The molecule has 0 unspecified atom stereocenters. The standard InChI is InChI=1S/C20H23N3O3/c1-13-11-16(14(2)26-13)19(25)23-9-5-20(6-10-23)17(12-18(24)22-20)15-3-7-21-8-4-15/h3-4,7-8,11,17H,5-6,9-10,12H2,1-2H3,(H,22,24)/t17-/m1/s1. The molecule has 1 atom stereocenters. The van der Waals surface area contributed by atoms with Gasteiger partial charge in [0, 0.05) is 37.8 Å². The molecular weight excluding hydrogens is 330 g/mol. The average Bonchev–Trinajstić information content (AvgIpc) is 3.14. The van der Waals surface area contributed by atoms with Gasteiger partial charge in [-0.1, -0.05) is 0 Å². The van der Waals surface area contributed by atoms with Crippen LogP contribution in [0.25, 0.3) is 0 Å². The fourth-order valence-electron chi connectivity index (χ4n) is 4.42. The van der Waals surface area contributed by atoms with Gasteiger partial charge in [0.1, 0.15) is 11.5 Å². The van der Waals surface area contributed by atoms with Crippen molar-refractivity contribution in [3.05, 3.63) is 53.2 Å². The van der Waals surface area contributed by atoms with Gasteiger partial charge in [-0.3, -0.25) is 14.6 Å². The van der Waals surface area contributed by atoms with Crippen LogP contribution in [-0.4, -0.2) is 40.3 Å². The van der Waals surface area contributed by atoms with E-state index in [1.54, 1.807) is 18.5 Å². The number of amides is 2. The summed E-state index contributed by atoms with van der Waals surface area (Å²) in [6, 6.07) is 5.78. The number of rotatable bonds is 2. The lowest BCUT2D eigenvalue weighted by molar-refractivity contribution is -0.120. The Bertz CT molecular complexity index is 835. The van der Waals surface area contributed by atoms with Crippen molar-refractivity contribution in [1.82, 2.24) is 15.2 Å². The van der Waals surface area contributed by atoms with E-state index in [1.807, 2.05) is 30.9 Å². The molecule has 2 saturated heterocycles. The van der Waals surface area contributed by atoms with Crippen LogP contribution in [0.4, 0.5) is 0 Å². The molecule has 6 nitrogen and oxygen atoms in total. The van der Waals surface area contributed by atoms with Gasteiger partial charge in [0.15, 0.2) is 0 Å². The molecule has 0 radical (unpaired) electrons. The van der Waals surface area contributed by atoms with Gasteiger partial charge in [-0.15, -0.1) is 0 Å². The van der Waals surface area contributed by atoms with Gasteiger partial charge >= 0.3 is 0 Å². The van der Waals surface area contributed by atoms with Gasteiger partial charge in [-0.2, -0.15) is 0 Å². The van der Waals surface area contributed by atoms with Gasteiger partial charge in [0.05, 0.1) is 11.1 Å². The summed E-state index contributed by atoms with van der Waals surface area (Å²) in [5.74, 6) is 1.65. The normalized spacial score (nSPS) is 21.8. The first-order chi connectivity index (χ1) is 12.5. The number of nitrogens with one attached hydrogen (secondary N) is 1. The quantitative estimate of drug-likeness (QED) is 0.900. The summed E-state index contributed by atoms with van der Waals surface area (Å²) in [5, 5.41) is 3.22. The summed E-state index contributed by atoms with van der Waals surface area (Å²) in [4.78, 5) is 30.9. The number of hydrogen-bond donors (Lipinski definition) is 1. The number of carbonyl (C=O) groups is 2. The zero-order valence-electron chi connectivity index (χ0n) is 15.1. The Morgan fingerprint density at radius 3 is 2.58 bits per heavy atom. The van der Waals surface area contributed by atoms with E-state index in [0.717, 1.165) is 24.2 Å². The molecule has 0 aromatic carbocycles. The van der Waals surface area contributed by atoms with Crippen molar-refractivity contribution in [1.29, 1.82) is 0 Å². The van der Waals surface area contributed by atoms with Crippen LogP contribution in [0, 0.1) is 13.8 Å². The number of nitrogens with zero attached hydrogens (tertiary/aromatic N) is 2. The molecular formula is C20H23N3O3. The third-order valence-corrected chi connectivity index (χ3v) is 5.77. The maximum atomic E-state index is 12.8. The van der Waals surface area contributed by atoms with Crippen molar-refractivity contribution < 1.29 is 14.0 Å². The molecule has 26 heavy (non-hydrogen) atoms. The van der Waals surface area contributed by atoms with Crippen molar-refractivity contribution in [3.8, 4) is 0 Å². The molecule has 2 aromatic heterocycles. The highest BCUT2D eigenvalue weighted by Crippen LogP contribution is 2.43. The number of carbonyl (C=O) groups excluding carboxylic acids is 2. The second-order valence-electron chi connectivity index (χ2n) is 7.36.